The van der Waals surface area contributed by atoms with E-state index in [9.17, 15) is 33.9 Å². The number of fused-ring (bicyclic) bond motifs is 1. The number of amides is 5. The van der Waals surface area contributed by atoms with Gasteiger partial charge in [-0.2, -0.15) is 0 Å². The van der Waals surface area contributed by atoms with Crippen LogP contribution in [0.5, 0.6) is 0 Å². The van der Waals surface area contributed by atoms with E-state index in [1.54, 1.807) is 36.5 Å². The summed E-state index contributed by atoms with van der Waals surface area (Å²) >= 11 is 0. The topological polar surface area (TPSA) is 230 Å². The molecule has 0 aliphatic rings. The molecular formula is C34H45N7O7. The van der Waals surface area contributed by atoms with Crippen LogP contribution in [0.3, 0.4) is 0 Å². The highest BCUT2D eigenvalue weighted by Gasteiger charge is 2.35. The van der Waals surface area contributed by atoms with Crippen molar-refractivity contribution in [3.63, 3.8) is 0 Å². The predicted molar refractivity (Wildman–Crippen MR) is 179 cm³/mol. The number of carboxylic acids is 1. The van der Waals surface area contributed by atoms with Crippen LogP contribution in [0.1, 0.15) is 50.7 Å². The first kappa shape index (κ1) is 37.2. The summed E-state index contributed by atoms with van der Waals surface area (Å²) < 4.78 is 0. The number of aromatic amines is 1. The van der Waals surface area contributed by atoms with Crippen molar-refractivity contribution in [3.05, 3.63) is 71.9 Å². The minimum atomic E-state index is -1.58. The van der Waals surface area contributed by atoms with E-state index in [0.717, 1.165) is 16.5 Å². The van der Waals surface area contributed by atoms with E-state index in [2.05, 4.69) is 20.9 Å². The van der Waals surface area contributed by atoms with Crippen LogP contribution in [0.4, 0.5) is 0 Å². The number of unbranched alkanes of at least 4 members (excludes halogenated alkanes) is 1. The second kappa shape index (κ2) is 17.6. The molecule has 0 saturated carbocycles. The van der Waals surface area contributed by atoms with Crippen LogP contribution in [-0.2, 0) is 41.6 Å². The molecule has 0 bridgehead atoms. The first-order valence-electron chi connectivity index (χ1n) is 15.9. The van der Waals surface area contributed by atoms with E-state index in [4.69, 9.17) is 11.5 Å². The molecule has 0 aliphatic heterocycles. The number of para-hydroxylation sites is 1. The third-order valence-electron chi connectivity index (χ3n) is 8.03. The number of aliphatic carboxylic acids is 1. The largest absolute Gasteiger partial charge is 0.481 e. The fourth-order valence-electron chi connectivity index (χ4n) is 5.32. The van der Waals surface area contributed by atoms with Crippen LogP contribution >= 0.6 is 0 Å². The van der Waals surface area contributed by atoms with Gasteiger partial charge in [-0.1, -0.05) is 68.3 Å². The Labute approximate surface area is 279 Å². The fraction of sp³-hybridized carbons (Fsp3) is 0.412. The highest BCUT2D eigenvalue weighted by atomic mass is 16.4. The second-order valence-corrected chi connectivity index (χ2v) is 11.8. The predicted octanol–water partition coefficient (Wildman–Crippen LogP) is 0.732. The van der Waals surface area contributed by atoms with Crippen molar-refractivity contribution >= 4 is 46.4 Å². The number of benzene rings is 2. The molecule has 3 aromatic rings. The second-order valence-electron chi connectivity index (χ2n) is 11.8. The first-order chi connectivity index (χ1) is 22.8. The van der Waals surface area contributed by atoms with Crippen LogP contribution in [-0.4, -0.2) is 87.8 Å². The van der Waals surface area contributed by atoms with E-state index in [1.165, 1.54) is 18.9 Å². The number of hydrogen-bond acceptors (Lipinski definition) is 7. The molecule has 14 nitrogen and oxygen atoms in total. The van der Waals surface area contributed by atoms with Gasteiger partial charge < -0.3 is 42.4 Å². The molecule has 14 heteroatoms. The molecule has 3 rings (SSSR count). The van der Waals surface area contributed by atoms with Gasteiger partial charge >= 0.3 is 5.97 Å². The standard InChI is InChI=1S/C34H45N7O7/c1-4-5-15-28(33(47)39-26(18-29(42)43)32(46)38-25(30(36)44)16-21-11-7-6-8-12-21)41(3)34(48)27(40-31(45)20(2)35)17-22-19-37-24-14-10-9-13-23(22)24/h6-14,19-20,25-28,37H,4-5,15-18,35H2,1-3H3,(H2,36,44)(H,38,46)(H,39,47)(H,40,45)(H,42,43)/t20-,25-,26-,27-,28-/m0/s1. The van der Waals surface area contributed by atoms with Crippen molar-refractivity contribution in [3.8, 4) is 0 Å². The van der Waals surface area contributed by atoms with Crippen LogP contribution in [0.25, 0.3) is 10.9 Å². The zero-order chi connectivity index (χ0) is 35.4. The molecule has 1 aromatic heterocycles. The highest BCUT2D eigenvalue weighted by Crippen LogP contribution is 2.20. The van der Waals surface area contributed by atoms with E-state index >= 15 is 0 Å². The normalized spacial score (nSPS) is 14.2. The number of aromatic nitrogens is 1. The number of hydrogen-bond donors (Lipinski definition) is 7. The van der Waals surface area contributed by atoms with Crippen LogP contribution in [0, 0.1) is 0 Å². The van der Waals surface area contributed by atoms with E-state index in [0.29, 0.717) is 18.4 Å². The van der Waals surface area contributed by atoms with Gasteiger partial charge in [0.2, 0.25) is 29.5 Å². The van der Waals surface area contributed by atoms with Gasteiger partial charge in [0.1, 0.15) is 24.2 Å². The van der Waals surface area contributed by atoms with Gasteiger partial charge in [0, 0.05) is 37.0 Å². The lowest BCUT2D eigenvalue weighted by Crippen LogP contribution is -2.59. The number of nitrogens with one attached hydrogen (secondary N) is 4. The number of likely N-dealkylation sites (N-methyl/N-ethyl adjacent to an activating group) is 1. The van der Waals surface area contributed by atoms with Crippen LogP contribution < -0.4 is 27.4 Å². The van der Waals surface area contributed by atoms with E-state index < -0.39 is 72.1 Å². The van der Waals surface area contributed by atoms with Crippen LogP contribution in [0.15, 0.2) is 60.8 Å². The quantitative estimate of drug-likeness (QED) is 0.102. The third-order valence-corrected chi connectivity index (χ3v) is 8.03. The number of carbonyl (C=O) groups excluding carboxylic acids is 5. The number of nitrogens with two attached hydrogens (primary N) is 2. The maximum absolute atomic E-state index is 14.0. The molecule has 9 N–H and O–H groups in total. The van der Waals surface area contributed by atoms with E-state index in [1.807, 2.05) is 31.2 Å². The molecule has 0 aliphatic carbocycles. The molecular weight excluding hydrogens is 618 g/mol. The van der Waals surface area contributed by atoms with E-state index in [-0.39, 0.29) is 19.3 Å². The van der Waals surface area contributed by atoms with Crippen molar-refractivity contribution in [2.45, 2.75) is 82.6 Å². The number of H-pyrrole nitrogens is 1. The number of carboxylic acid groups (broad SMARTS) is 1. The van der Waals surface area contributed by atoms with Crippen molar-refractivity contribution < 1.29 is 33.9 Å². The Balaban J connectivity index is 1.85. The maximum atomic E-state index is 14.0. The Hall–Kier alpha value is -5.24. The van der Waals surface area contributed by atoms with Gasteiger partial charge in [0.05, 0.1) is 12.5 Å². The van der Waals surface area contributed by atoms with Gasteiger partial charge in [0.25, 0.3) is 0 Å². The van der Waals surface area contributed by atoms with Crippen LogP contribution in [0.2, 0.25) is 0 Å². The highest BCUT2D eigenvalue weighted by molar-refractivity contribution is 5.97. The zero-order valence-electron chi connectivity index (χ0n) is 27.4. The third kappa shape index (κ3) is 10.4. The molecule has 0 saturated heterocycles. The number of nitrogens with zero attached hydrogens (tertiary/aromatic N) is 1. The Morgan fingerprint density at radius 1 is 0.854 bits per heavy atom. The number of rotatable bonds is 18. The molecule has 48 heavy (non-hydrogen) atoms. The Kier molecular flexibility index (Phi) is 13.7. The van der Waals surface area contributed by atoms with Crippen molar-refractivity contribution in [2.24, 2.45) is 11.5 Å². The summed E-state index contributed by atoms with van der Waals surface area (Å²) in [5.41, 5.74) is 13.6. The molecule has 0 unspecified atom stereocenters. The molecule has 0 spiro atoms. The Morgan fingerprint density at radius 3 is 2.10 bits per heavy atom. The molecule has 5 atom stereocenters. The first-order valence-corrected chi connectivity index (χ1v) is 15.9. The van der Waals surface area contributed by atoms with Gasteiger partial charge in [-0.15, -0.1) is 0 Å². The summed E-state index contributed by atoms with van der Waals surface area (Å²) in [5.74, 6) is -5.05. The average molecular weight is 664 g/mol. The Bertz CT molecular complexity index is 1590. The summed E-state index contributed by atoms with van der Waals surface area (Å²) in [6, 6.07) is 10.4. The number of primary amides is 1. The van der Waals surface area contributed by atoms with Gasteiger partial charge in [-0.3, -0.25) is 28.8 Å². The minimum Gasteiger partial charge on any atom is -0.481 e. The monoisotopic (exact) mass is 663 g/mol. The average Bonchev–Trinajstić information content (AvgIpc) is 3.46. The molecule has 2 aromatic carbocycles. The van der Waals surface area contributed by atoms with Crippen molar-refractivity contribution in [1.82, 2.24) is 25.8 Å². The summed E-state index contributed by atoms with van der Waals surface area (Å²) in [5, 5.41) is 18.1. The summed E-state index contributed by atoms with van der Waals surface area (Å²) in [6.45, 7) is 3.39. The summed E-state index contributed by atoms with van der Waals surface area (Å²) in [4.78, 5) is 82.0. The molecule has 0 radical (unpaired) electrons. The fourth-order valence-corrected chi connectivity index (χ4v) is 5.32. The Morgan fingerprint density at radius 2 is 1.48 bits per heavy atom. The molecule has 1 heterocycles. The minimum absolute atomic E-state index is 0.0526. The lowest BCUT2D eigenvalue weighted by Gasteiger charge is -2.32. The SMILES string of the molecule is CCCC[C@@H](C(=O)N[C@@H](CC(=O)O)C(=O)N[C@@H](Cc1ccccc1)C(N)=O)N(C)C(=O)[C@H](Cc1c[nH]c2ccccc12)NC(=O)[C@H](C)N. The molecule has 258 valence electrons. The van der Waals surface area contributed by atoms with Gasteiger partial charge in [-0.05, 0) is 30.5 Å². The molecule has 5 amide bonds. The smallest absolute Gasteiger partial charge is 0.305 e. The summed E-state index contributed by atoms with van der Waals surface area (Å²) in [7, 11) is 1.41. The lowest BCUT2D eigenvalue weighted by atomic mass is 10.0. The van der Waals surface area contributed by atoms with Crippen molar-refractivity contribution in [1.29, 1.82) is 0 Å². The molecule has 0 fully saturated rings. The number of carbonyl (C=O) groups is 6. The van der Waals surface area contributed by atoms with Crippen molar-refractivity contribution in [2.75, 3.05) is 7.05 Å². The van der Waals surface area contributed by atoms with Gasteiger partial charge in [-0.25, -0.2) is 0 Å². The lowest BCUT2D eigenvalue weighted by molar-refractivity contribution is -0.144. The summed E-state index contributed by atoms with van der Waals surface area (Å²) in [6.07, 6.45) is 2.47. The maximum Gasteiger partial charge on any atom is 0.305 e. The van der Waals surface area contributed by atoms with Gasteiger partial charge in [0.15, 0.2) is 0 Å². The zero-order valence-corrected chi connectivity index (χ0v) is 27.4.